The Morgan fingerprint density at radius 2 is 1.71 bits per heavy atom. The molecule has 1 fully saturated rings. The smallest absolute Gasteiger partial charge is 0.448 e. The summed E-state index contributed by atoms with van der Waals surface area (Å²) in [4.78, 5) is 24.7. The van der Waals surface area contributed by atoms with Gasteiger partial charge in [0.2, 0.25) is 0 Å². The van der Waals surface area contributed by atoms with Gasteiger partial charge in [0, 0.05) is 19.1 Å². The van der Waals surface area contributed by atoms with E-state index in [4.69, 9.17) is 0 Å². The SMILES string of the molecule is CC(C)N1CCN(C[B-](F)(F)F)C(=O)C1=O.[K+]. The number of halogens is 3. The average Bonchev–Trinajstić information content (AvgIpc) is 2.10. The topological polar surface area (TPSA) is 40.6 Å². The van der Waals surface area contributed by atoms with E-state index in [1.807, 2.05) is 0 Å². The fraction of sp³-hybridized carbons (Fsp3) is 0.750. The third kappa shape index (κ3) is 4.90. The molecular weight excluding hydrogens is 263 g/mol. The molecule has 1 heterocycles. The molecule has 1 rings (SSSR count). The van der Waals surface area contributed by atoms with Crippen LogP contribution >= 0.6 is 0 Å². The van der Waals surface area contributed by atoms with Gasteiger partial charge in [0.15, 0.2) is 0 Å². The summed E-state index contributed by atoms with van der Waals surface area (Å²) in [7, 11) is 0. The number of hydrogen-bond acceptors (Lipinski definition) is 2. The van der Waals surface area contributed by atoms with Crippen molar-refractivity contribution in [2.45, 2.75) is 19.9 Å². The van der Waals surface area contributed by atoms with E-state index in [1.165, 1.54) is 4.90 Å². The molecule has 1 aliphatic rings. The fourth-order valence-electron chi connectivity index (χ4n) is 1.61. The molecule has 0 saturated carbocycles. The van der Waals surface area contributed by atoms with Crippen molar-refractivity contribution < 1.29 is 73.9 Å². The molecule has 0 unspecified atom stereocenters. The molecule has 2 amide bonds. The van der Waals surface area contributed by atoms with Crippen LogP contribution in [0.3, 0.4) is 0 Å². The van der Waals surface area contributed by atoms with Crippen molar-refractivity contribution in [2.75, 3.05) is 19.5 Å². The van der Waals surface area contributed by atoms with Gasteiger partial charge < -0.3 is 22.7 Å². The molecule has 9 heteroatoms. The minimum atomic E-state index is -5.08. The number of nitrogens with zero attached hydrogens (tertiary/aromatic N) is 2. The zero-order valence-electron chi connectivity index (χ0n) is 10.1. The van der Waals surface area contributed by atoms with Crippen molar-refractivity contribution in [1.82, 2.24) is 9.80 Å². The second-order valence-electron chi connectivity index (χ2n) is 4.05. The van der Waals surface area contributed by atoms with Gasteiger partial charge in [-0.2, -0.15) is 0 Å². The molecule has 4 nitrogen and oxygen atoms in total. The summed E-state index contributed by atoms with van der Waals surface area (Å²) in [6.45, 7) is -1.54. The van der Waals surface area contributed by atoms with Gasteiger partial charge in [-0.25, -0.2) is 0 Å². The second kappa shape index (κ2) is 6.56. The molecule has 0 aromatic rings. The van der Waals surface area contributed by atoms with Gasteiger partial charge in [0.25, 0.3) is 0 Å². The molecule has 0 spiro atoms. The predicted octanol–water partition coefficient (Wildman–Crippen LogP) is -2.54. The van der Waals surface area contributed by atoms with Crippen LogP contribution < -0.4 is 51.4 Å². The van der Waals surface area contributed by atoms with Crippen LogP contribution in [-0.4, -0.2) is 54.2 Å². The summed E-state index contributed by atoms with van der Waals surface area (Å²) >= 11 is 0. The van der Waals surface area contributed by atoms with Crippen LogP contribution in [0.5, 0.6) is 0 Å². The number of rotatable bonds is 3. The molecule has 0 N–H and O–H groups in total. The summed E-state index contributed by atoms with van der Waals surface area (Å²) < 4.78 is 36.4. The number of amides is 2. The molecule has 0 radical (unpaired) electrons. The Hall–Kier alpha value is 0.431. The predicted molar refractivity (Wildman–Crippen MR) is 52.5 cm³/mol. The quantitative estimate of drug-likeness (QED) is 0.421. The van der Waals surface area contributed by atoms with Gasteiger partial charge in [-0.1, -0.05) is 0 Å². The van der Waals surface area contributed by atoms with Crippen LogP contribution in [0.2, 0.25) is 0 Å². The number of hydrogen-bond donors (Lipinski definition) is 0. The van der Waals surface area contributed by atoms with Crippen molar-refractivity contribution >= 4 is 18.8 Å². The van der Waals surface area contributed by atoms with E-state index in [0.717, 1.165) is 0 Å². The van der Waals surface area contributed by atoms with Crippen LogP contribution in [0, 0.1) is 0 Å². The average molecular weight is 276 g/mol. The summed E-state index contributed by atoms with van der Waals surface area (Å²) in [5.74, 6) is -1.90. The van der Waals surface area contributed by atoms with Crippen molar-refractivity contribution in [3.8, 4) is 0 Å². The zero-order chi connectivity index (χ0) is 12.5. The Labute approximate surface area is 140 Å². The molecular formula is C8H13BF3KN2O2. The normalized spacial score (nSPS) is 17.5. The number of carbonyl (C=O) groups excluding carboxylic acids is 2. The van der Waals surface area contributed by atoms with Gasteiger partial charge in [-0.3, -0.25) is 9.59 Å². The monoisotopic (exact) mass is 276 g/mol. The Kier molecular flexibility index (Phi) is 6.72. The molecule has 0 aliphatic carbocycles. The Bertz CT molecular complexity index is 312. The minimum absolute atomic E-state index is 0. The molecule has 17 heavy (non-hydrogen) atoms. The first kappa shape index (κ1) is 17.4. The van der Waals surface area contributed by atoms with E-state index >= 15 is 0 Å². The van der Waals surface area contributed by atoms with E-state index < -0.39 is 25.2 Å². The van der Waals surface area contributed by atoms with Crippen LogP contribution in [-0.2, 0) is 9.59 Å². The third-order valence-corrected chi connectivity index (χ3v) is 2.39. The number of carbonyl (C=O) groups is 2. The first-order chi connectivity index (χ1) is 7.22. The standard InChI is InChI=1S/C8H13BF3N2O2.K/c1-6(2)14-4-3-13(5-9(10,11)12)7(15)8(14)16;/h6H,3-5H2,1-2H3;/q-1;+1. The van der Waals surface area contributed by atoms with Crippen molar-refractivity contribution in [3.63, 3.8) is 0 Å². The van der Waals surface area contributed by atoms with Gasteiger partial charge in [0.1, 0.15) is 0 Å². The molecule has 0 aromatic heterocycles. The maximum atomic E-state index is 12.1. The largest absolute Gasteiger partial charge is 1.00 e. The first-order valence-corrected chi connectivity index (χ1v) is 5.03. The van der Waals surface area contributed by atoms with E-state index in [-0.39, 0.29) is 70.5 Å². The molecule has 0 bridgehead atoms. The summed E-state index contributed by atoms with van der Waals surface area (Å²) in [6.07, 6.45) is -1.30. The van der Waals surface area contributed by atoms with E-state index in [1.54, 1.807) is 13.8 Å². The maximum Gasteiger partial charge on any atom is 1.00 e. The zero-order valence-corrected chi connectivity index (χ0v) is 13.2. The first-order valence-electron chi connectivity index (χ1n) is 5.03. The second-order valence-corrected chi connectivity index (χ2v) is 4.05. The van der Waals surface area contributed by atoms with Gasteiger partial charge >= 0.3 is 70.2 Å². The Balaban J connectivity index is 0.00000256. The molecule has 0 atom stereocenters. The van der Waals surface area contributed by atoms with Crippen molar-refractivity contribution in [1.29, 1.82) is 0 Å². The molecule has 1 saturated heterocycles. The Morgan fingerprint density at radius 3 is 2.12 bits per heavy atom. The summed E-state index contributed by atoms with van der Waals surface area (Å²) in [6, 6.07) is -0.171. The van der Waals surface area contributed by atoms with Gasteiger partial charge in [0.05, 0.1) is 0 Å². The fourth-order valence-corrected chi connectivity index (χ4v) is 1.61. The van der Waals surface area contributed by atoms with Crippen LogP contribution in [0.1, 0.15) is 13.8 Å². The van der Waals surface area contributed by atoms with Gasteiger partial charge in [-0.15, -0.1) is 0 Å². The molecule has 1 aliphatic heterocycles. The van der Waals surface area contributed by atoms with E-state index in [9.17, 15) is 22.5 Å². The van der Waals surface area contributed by atoms with Crippen LogP contribution in [0.25, 0.3) is 0 Å². The number of piperazine rings is 1. The molecule has 0 aromatic carbocycles. The van der Waals surface area contributed by atoms with Crippen molar-refractivity contribution in [2.24, 2.45) is 0 Å². The summed E-state index contributed by atoms with van der Waals surface area (Å²) in [5.41, 5.74) is 0. The van der Waals surface area contributed by atoms with E-state index in [2.05, 4.69) is 0 Å². The van der Waals surface area contributed by atoms with Crippen LogP contribution in [0.15, 0.2) is 0 Å². The Morgan fingerprint density at radius 1 is 1.18 bits per heavy atom. The van der Waals surface area contributed by atoms with Crippen molar-refractivity contribution in [3.05, 3.63) is 0 Å². The maximum absolute atomic E-state index is 12.1. The minimum Gasteiger partial charge on any atom is -0.448 e. The molecule has 92 valence electrons. The third-order valence-electron chi connectivity index (χ3n) is 2.39. The van der Waals surface area contributed by atoms with Gasteiger partial charge in [-0.05, 0) is 20.3 Å². The summed E-state index contributed by atoms with van der Waals surface area (Å²) in [5, 5.41) is 0. The van der Waals surface area contributed by atoms with E-state index in [0.29, 0.717) is 4.90 Å². The van der Waals surface area contributed by atoms with Crippen LogP contribution in [0.4, 0.5) is 12.9 Å².